The summed E-state index contributed by atoms with van der Waals surface area (Å²) in [6.07, 6.45) is 3.68. The van der Waals surface area contributed by atoms with Crippen LogP contribution in [0.1, 0.15) is 30.4 Å². The predicted molar refractivity (Wildman–Crippen MR) is 78.8 cm³/mol. The molecule has 2 aliphatic rings. The van der Waals surface area contributed by atoms with Gasteiger partial charge in [-0.1, -0.05) is 29.8 Å². The van der Waals surface area contributed by atoms with Crippen LogP contribution in [0, 0.1) is 6.92 Å². The zero-order chi connectivity index (χ0) is 12.4. The molecule has 0 amide bonds. The van der Waals surface area contributed by atoms with E-state index in [1.165, 1.54) is 46.7 Å². The van der Waals surface area contributed by atoms with Crippen molar-refractivity contribution in [2.24, 2.45) is 4.99 Å². The summed E-state index contributed by atoms with van der Waals surface area (Å²) in [5, 5.41) is 4.66. The molecule has 18 heavy (non-hydrogen) atoms. The van der Waals surface area contributed by atoms with E-state index in [4.69, 9.17) is 0 Å². The SMILES string of the molecule is Cc1ccc(CSC2=NCNC3=C2CCC3)cc1. The smallest absolute Gasteiger partial charge is 0.108 e. The molecular weight excluding hydrogens is 240 g/mol. The van der Waals surface area contributed by atoms with Crippen molar-refractivity contribution in [3.8, 4) is 0 Å². The molecule has 0 unspecified atom stereocenters. The van der Waals surface area contributed by atoms with E-state index in [0.29, 0.717) is 0 Å². The first-order valence-corrected chi connectivity index (χ1v) is 7.50. The number of thioether (sulfide) groups is 1. The molecule has 1 aliphatic carbocycles. The molecule has 3 heteroatoms. The summed E-state index contributed by atoms with van der Waals surface area (Å²) in [6.45, 7) is 2.89. The van der Waals surface area contributed by atoms with Gasteiger partial charge in [0.25, 0.3) is 0 Å². The summed E-state index contributed by atoms with van der Waals surface area (Å²) >= 11 is 1.88. The van der Waals surface area contributed by atoms with Crippen molar-refractivity contribution < 1.29 is 0 Å². The van der Waals surface area contributed by atoms with Crippen LogP contribution in [0.3, 0.4) is 0 Å². The van der Waals surface area contributed by atoms with Crippen LogP contribution in [-0.2, 0) is 5.75 Å². The summed E-state index contributed by atoms with van der Waals surface area (Å²) < 4.78 is 0. The van der Waals surface area contributed by atoms with Gasteiger partial charge in [-0.15, -0.1) is 11.8 Å². The molecule has 2 nitrogen and oxygen atoms in total. The first-order valence-electron chi connectivity index (χ1n) is 6.52. The summed E-state index contributed by atoms with van der Waals surface area (Å²) in [6, 6.07) is 8.79. The first-order chi connectivity index (χ1) is 8.83. The highest BCUT2D eigenvalue weighted by Gasteiger charge is 2.21. The molecule has 1 heterocycles. The maximum atomic E-state index is 4.62. The first kappa shape index (κ1) is 11.8. The Morgan fingerprint density at radius 2 is 2.06 bits per heavy atom. The van der Waals surface area contributed by atoms with Crippen molar-refractivity contribution in [3.63, 3.8) is 0 Å². The molecule has 1 aromatic rings. The quantitative estimate of drug-likeness (QED) is 0.876. The van der Waals surface area contributed by atoms with E-state index in [0.717, 1.165) is 12.4 Å². The van der Waals surface area contributed by atoms with Gasteiger partial charge in [0, 0.05) is 17.0 Å². The van der Waals surface area contributed by atoms with Gasteiger partial charge < -0.3 is 5.32 Å². The molecule has 0 bridgehead atoms. The minimum atomic E-state index is 0.759. The van der Waals surface area contributed by atoms with Gasteiger partial charge in [-0.05, 0) is 31.7 Å². The van der Waals surface area contributed by atoms with E-state index in [1.807, 2.05) is 11.8 Å². The predicted octanol–water partition coefficient (Wildman–Crippen LogP) is 3.63. The van der Waals surface area contributed by atoms with Gasteiger partial charge in [-0.25, -0.2) is 0 Å². The van der Waals surface area contributed by atoms with Gasteiger partial charge in [0.2, 0.25) is 0 Å². The zero-order valence-electron chi connectivity index (χ0n) is 10.7. The van der Waals surface area contributed by atoms with E-state index in [9.17, 15) is 0 Å². The largest absolute Gasteiger partial charge is 0.369 e. The Labute approximate surface area is 113 Å². The number of benzene rings is 1. The fourth-order valence-corrected chi connectivity index (χ4v) is 3.50. The molecule has 0 fully saturated rings. The minimum Gasteiger partial charge on any atom is -0.369 e. The summed E-state index contributed by atoms with van der Waals surface area (Å²) in [7, 11) is 0. The van der Waals surface area contributed by atoms with Gasteiger partial charge in [0.1, 0.15) is 6.67 Å². The number of allylic oxidation sites excluding steroid dienone is 1. The average molecular weight is 258 g/mol. The van der Waals surface area contributed by atoms with Crippen molar-refractivity contribution in [3.05, 3.63) is 46.7 Å². The monoisotopic (exact) mass is 258 g/mol. The lowest BCUT2D eigenvalue weighted by Crippen LogP contribution is -2.20. The molecule has 1 aliphatic heterocycles. The number of nitrogens with zero attached hydrogens (tertiary/aromatic N) is 1. The second kappa shape index (κ2) is 5.19. The highest BCUT2D eigenvalue weighted by molar-refractivity contribution is 8.13. The number of nitrogens with one attached hydrogen (secondary N) is 1. The molecular formula is C15H18N2S. The highest BCUT2D eigenvalue weighted by Crippen LogP contribution is 2.32. The number of hydrogen-bond acceptors (Lipinski definition) is 3. The molecule has 0 saturated carbocycles. The molecule has 0 saturated heterocycles. The van der Waals surface area contributed by atoms with Crippen LogP contribution in [0.25, 0.3) is 0 Å². The molecule has 0 radical (unpaired) electrons. The maximum absolute atomic E-state index is 4.62. The minimum absolute atomic E-state index is 0.759. The average Bonchev–Trinajstić information content (AvgIpc) is 2.87. The van der Waals surface area contributed by atoms with Gasteiger partial charge in [-0.2, -0.15) is 0 Å². The van der Waals surface area contributed by atoms with Crippen molar-refractivity contribution in [2.75, 3.05) is 6.67 Å². The summed E-state index contributed by atoms with van der Waals surface area (Å²) in [5.41, 5.74) is 5.62. The Kier molecular flexibility index (Phi) is 3.41. The van der Waals surface area contributed by atoms with Crippen LogP contribution in [0.4, 0.5) is 0 Å². The summed E-state index contributed by atoms with van der Waals surface area (Å²) in [5.74, 6) is 1.02. The van der Waals surface area contributed by atoms with Gasteiger partial charge in [0.05, 0.1) is 5.04 Å². The van der Waals surface area contributed by atoms with Crippen molar-refractivity contribution in [1.29, 1.82) is 0 Å². The molecule has 1 N–H and O–H groups in total. The fourth-order valence-electron chi connectivity index (χ4n) is 2.45. The lowest BCUT2D eigenvalue weighted by molar-refractivity contribution is 0.772. The van der Waals surface area contributed by atoms with Crippen molar-refractivity contribution in [2.45, 2.75) is 31.9 Å². The number of aliphatic imine (C=N–C) groups is 1. The van der Waals surface area contributed by atoms with Crippen LogP contribution in [-0.4, -0.2) is 11.7 Å². The van der Waals surface area contributed by atoms with Crippen LogP contribution < -0.4 is 5.32 Å². The Morgan fingerprint density at radius 1 is 1.22 bits per heavy atom. The molecule has 94 valence electrons. The standard InChI is InChI=1S/C15H18N2S/c1-11-5-7-12(8-6-11)9-18-15-13-3-2-4-14(13)16-10-17-15/h5-8,16H,2-4,9-10H2,1H3. The molecule has 0 atom stereocenters. The molecule has 3 rings (SSSR count). The van der Waals surface area contributed by atoms with E-state index in [1.54, 1.807) is 0 Å². The van der Waals surface area contributed by atoms with Crippen molar-refractivity contribution >= 4 is 16.8 Å². The topological polar surface area (TPSA) is 24.4 Å². The Balaban J connectivity index is 1.66. The van der Waals surface area contributed by atoms with Gasteiger partial charge >= 0.3 is 0 Å². The third kappa shape index (κ3) is 2.46. The molecule has 0 aromatic heterocycles. The van der Waals surface area contributed by atoms with Crippen LogP contribution in [0.15, 0.2) is 40.5 Å². The lowest BCUT2D eigenvalue weighted by Gasteiger charge is -2.17. The van der Waals surface area contributed by atoms with Gasteiger partial charge in [0.15, 0.2) is 0 Å². The van der Waals surface area contributed by atoms with Crippen LogP contribution in [0.2, 0.25) is 0 Å². The second-order valence-corrected chi connectivity index (χ2v) is 5.85. The number of rotatable bonds is 2. The Hall–Kier alpha value is -1.22. The van der Waals surface area contributed by atoms with Crippen molar-refractivity contribution in [1.82, 2.24) is 5.32 Å². The normalized spacial score (nSPS) is 18.4. The van der Waals surface area contributed by atoms with E-state index in [2.05, 4.69) is 41.5 Å². The Bertz CT molecular complexity index is 500. The summed E-state index contributed by atoms with van der Waals surface area (Å²) in [4.78, 5) is 4.62. The lowest BCUT2D eigenvalue weighted by atomic mass is 10.2. The van der Waals surface area contributed by atoms with Gasteiger partial charge in [-0.3, -0.25) is 4.99 Å². The highest BCUT2D eigenvalue weighted by atomic mass is 32.2. The Morgan fingerprint density at radius 3 is 2.89 bits per heavy atom. The third-order valence-corrected chi connectivity index (χ3v) is 4.61. The second-order valence-electron chi connectivity index (χ2n) is 4.88. The number of hydrogen-bond donors (Lipinski definition) is 1. The molecule has 0 spiro atoms. The fraction of sp³-hybridized carbons (Fsp3) is 0.400. The van der Waals surface area contributed by atoms with Crippen LogP contribution in [0.5, 0.6) is 0 Å². The zero-order valence-corrected chi connectivity index (χ0v) is 11.5. The molecule has 1 aromatic carbocycles. The number of aryl methyl sites for hydroxylation is 1. The van der Waals surface area contributed by atoms with Crippen LogP contribution >= 0.6 is 11.8 Å². The maximum Gasteiger partial charge on any atom is 0.108 e. The van der Waals surface area contributed by atoms with E-state index >= 15 is 0 Å². The van der Waals surface area contributed by atoms with E-state index < -0.39 is 0 Å². The van der Waals surface area contributed by atoms with E-state index in [-0.39, 0.29) is 0 Å². The third-order valence-electron chi connectivity index (χ3n) is 3.49.